The molecule has 1 spiro atoms. The predicted molar refractivity (Wildman–Crippen MR) is 66.1 cm³/mol. The van der Waals surface area contributed by atoms with Crippen molar-refractivity contribution < 1.29 is 19.0 Å². The summed E-state index contributed by atoms with van der Waals surface area (Å²) in [6, 6.07) is 0. The minimum Gasteiger partial charge on any atom is -0.463 e. The lowest BCUT2D eigenvalue weighted by Crippen LogP contribution is -2.49. The summed E-state index contributed by atoms with van der Waals surface area (Å²) in [7, 11) is 0. The van der Waals surface area contributed by atoms with Crippen LogP contribution in [0.25, 0.3) is 0 Å². The predicted octanol–water partition coefficient (Wildman–Crippen LogP) is 0.945. The van der Waals surface area contributed by atoms with Crippen LogP contribution in [0.3, 0.4) is 0 Å². The van der Waals surface area contributed by atoms with Crippen molar-refractivity contribution in [3.8, 4) is 0 Å². The summed E-state index contributed by atoms with van der Waals surface area (Å²) in [5.74, 6) is -0.766. The van der Waals surface area contributed by atoms with Gasteiger partial charge in [-0.05, 0) is 19.9 Å². The van der Waals surface area contributed by atoms with E-state index in [1.165, 1.54) is 0 Å². The second kappa shape index (κ2) is 5.82. The molecule has 2 aliphatic heterocycles. The van der Waals surface area contributed by atoms with E-state index in [1.807, 2.05) is 0 Å². The van der Waals surface area contributed by atoms with E-state index >= 15 is 0 Å². The van der Waals surface area contributed by atoms with E-state index in [1.54, 1.807) is 6.92 Å². The van der Waals surface area contributed by atoms with Gasteiger partial charge in [-0.15, -0.1) is 0 Å². The Balaban J connectivity index is 1.86. The monoisotopic (exact) mass is 255 g/mol. The fourth-order valence-corrected chi connectivity index (χ4v) is 2.51. The lowest BCUT2D eigenvalue weighted by Gasteiger charge is -2.38. The maximum absolute atomic E-state index is 11.5. The molecular weight excluding hydrogens is 234 g/mol. The number of hydrogen-bond donors (Lipinski definition) is 0. The molecule has 0 aromatic rings. The summed E-state index contributed by atoms with van der Waals surface area (Å²) in [5, 5.41) is 0. The first kappa shape index (κ1) is 13.5. The van der Waals surface area contributed by atoms with Crippen molar-refractivity contribution in [1.29, 1.82) is 0 Å². The highest BCUT2D eigenvalue weighted by Gasteiger charge is 2.40. The molecule has 2 aliphatic rings. The summed E-state index contributed by atoms with van der Waals surface area (Å²) in [6.07, 6.45) is 1.94. The number of nitrogens with zero attached hydrogens (tertiary/aromatic N) is 1. The molecule has 0 aromatic carbocycles. The van der Waals surface area contributed by atoms with Crippen LogP contribution in [0.15, 0.2) is 12.2 Å². The molecule has 5 nitrogen and oxygen atoms in total. The Bertz CT molecular complexity index is 323. The Morgan fingerprint density at radius 3 is 2.83 bits per heavy atom. The molecule has 0 aromatic heterocycles. The van der Waals surface area contributed by atoms with Crippen LogP contribution >= 0.6 is 0 Å². The standard InChI is InChI=1S/C13H21NO4/c1-3-16-12(15)11(2)9-14-6-4-5-13(10-14)17-7-8-18-13/h2-10H2,1H3. The number of piperidine rings is 1. The number of carbonyl (C=O) groups is 1. The molecule has 0 bridgehead atoms. The smallest absolute Gasteiger partial charge is 0.334 e. The molecular formula is C13H21NO4. The number of hydrogen-bond acceptors (Lipinski definition) is 5. The highest BCUT2D eigenvalue weighted by atomic mass is 16.7. The van der Waals surface area contributed by atoms with Gasteiger partial charge in [-0.3, -0.25) is 4.90 Å². The highest BCUT2D eigenvalue weighted by molar-refractivity contribution is 5.88. The maximum atomic E-state index is 11.5. The fraction of sp³-hybridized carbons (Fsp3) is 0.769. The molecule has 102 valence electrons. The molecule has 0 radical (unpaired) electrons. The molecule has 2 fully saturated rings. The van der Waals surface area contributed by atoms with Gasteiger partial charge >= 0.3 is 5.97 Å². The van der Waals surface area contributed by atoms with E-state index in [9.17, 15) is 4.79 Å². The first-order valence-electron chi connectivity index (χ1n) is 6.50. The van der Waals surface area contributed by atoms with Gasteiger partial charge < -0.3 is 14.2 Å². The Labute approximate surface area is 108 Å². The van der Waals surface area contributed by atoms with Crippen LogP contribution in [-0.2, 0) is 19.0 Å². The molecule has 0 aliphatic carbocycles. The van der Waals surface area contributed by atoms with Crippen molar-refractivity contribution in [2.75, 3.05) is 39.5 Å². The van der Waals surface area contributed by atoms with Crippen LogP contribution in [0.5, 0.6) is 0 Å². The Kier molecular flexibility index (Phi) is 4.37. The van der Waals surface area contributed by atoms with Crippen molar-refractivity contribution in [3.05, 3.63) is 12.2 Å². The van der Waals surface area contributed by atoms with Gasteiger partial charge in [0.2, 0.25) is 0 Å². The summed E-state index contributed by atoms with van der Waals surface area (Å²) in [4.78, 5) is 13.7. The zero-order valence-electron chi connectivity index (χ0n) is 10.9. The zero-order chi connectivity index (χ0) is 13.0. The summed E-state index contributed by atoms with van der Waals surface area (Å²) < 4.78 is 16.3. The number of rotatable bonds is 4. The van der Waals surface area contributed by atoms with Gasteiger partial charge in [0.05, 0.1) is 26.4 Å². The molecule has 2 saturated heterocycles. The lowest BCUT2D eigenvalue weighted by atomic mass is 10.0. The number of likely N-dealkylation sites (tertiary alicyclic amines) is 1. The SMILES string of the molecule is C=C(CN1CCCC2(C1)OCCO2)C(=O)OCC. The van der Waals surface area contributed by atoms with Crippen LogP contribution in [0, 0.1) is 0 Å². The first-order valence-corrected chi connectivity index (χ1v) is 6.50. The highest BCUT2D eigenvalue weighted by Crippen LogP contribution is 2.30. The second-order valence-electron chi connectivity index (χ2n) is 4.75. The normalized spacial score (nSPS) is 23.2. The molecule has 0 unspecified atom stereocenters. The van der Waals surface area contributed by atoms with E-state index < -0.39 is 5.79 Å². The largest absolute Gasteiger partial charge is 0.463 e. The number of esters is 1. The molecule has 2 rings (SSSR count). The quantitative estimate of drug-likeness (QED) is 0.553. The molecule has 2 heterocycles. The van der Waals surface area contributed by atoms with Crippen LogP contribution in [-0.4, -0.2) is 56.1 Å². The van der Waals surface area contributed by atoms with E-state index in [0.717, 1.165) is 19.4 Å². The van der Waals surface area contributed by atoms with E-state index in [-0.39, 0.29) is 5.97 Å². The first-order chi connectivity index (χ1) is 8.65. The summed E-state index contributed by atoms with van der Waals surface area (Å²) in [6.45, 7) is 9.44. The van der Waals surface area contributed by atoms with Gasteiger partial charge in [0.25, 0.3) is 0 Å². The number of carbonyl (C=O) groups excluding carboxylic acids is 1. The zero-order valence-corrected chi connectivity index (χ0v) is 10.9. The van der Waals surface area contributed by atoms with Crippen LogP contribution < -0.4 is 0 Å². The average Bonchev–Trinajstić information content (AvgIpc) is 2.77. The van der Waals surface area contributed by atoms with E-state index in [2.05, 4.69) is 11.5 Å². The minimum atomic E-state index is -0.451. The molecule has 0 saturated carbocycles. The number of ether oxygens (including phenoxy) is 3. The maximum Gasteiger partial charge on any atom is 0.334 e. The molecule has 0 atom stereocenters. The third-order valence-electron chi connectivity index (χ3n) is 3.29. The lowest BCUT2D eigenvalue weighted by molar-refractivity contribution is -0.188. The van der Waals surface area contributed by atoms with Crippen LogP contribution in [0.4, 0.5) is 0 Å². The Hall–Kier alpha value is -0.910. The van der Waals surface area contributed by atoms with Crippen LogP contribution in [0.2, 0.25) is 0 Å². The fourth-order valence-electron chi connectivity index (χ4n) is 2.51. The third-order valence-corrected chi connectivity index (χ3v) is 3.29. The Morgan fingerprint density at radius 2 is 2.17 bits per heavy atom. The minimum absolute atomic E-state index is 0.314. The van der Waals surface area contributed by atoms with E-state index in [0.29, 0.717) is 38.5 Å². The topological polar surface area (TPSA) is 48.0 Å². The van der Waals surface area contributed by atoms with Gasteiger partial charge in [0.1, 0.15) is 0 Å². The summed E-state index contributed by atoms with van der Waals surface area (Å²) in [5.41, 5.74) is 0.492. The molecule has 0 N–H and O–H groups in total. The van der Waals surface area contributed by atoms with Crippen molar-refractivity contribution in [1.82, 2.24) is 4.90 Å². The average molecular weight is 255 g/mol. The molecule has 0 amide bonds. The second-order valence-corrected chi connectivity index (χ2v) is 4.75. The van der Waals surface area contributed by atoms with Crippen molar-refractivity contribution in [2.45, 2.75) is 25.6 Å². The van der Waals surface area contributed by atoms with E-state index in [4.69, 9.17) is 14.2 Å². The van der Waals surface area contributed by atoms with Gasteiger partial charge in [-0.25, -0.2) is 4.79 Å². The van der Waals surface area contributed by atoms with Crippen molar-refractivity contribution in [2.24, 2.45) is 0 Å². The third kappa shape index (κ3) is 3.10. The van der Waals surface area contributed by atoms with Crippen molar-refractivity contribution in [3.63, 3.8) is 0 Å². The van der Waals surface area contributed by atoms with Gasteiger partial charge in [0.15, 0.2) is 5.79 Å². The van der Waals surface area contributed by atoms with Gasteiger partial charge in [0, 0.05) is 18.5 Å². The van der Waals surface area contributed by atoms with Gasteiger partial charge in [-0.2, -0.15) is 0 Å². The summed E-state index contributed by atoms with van der Waals surface area (Å²) >= 11 is 0. The molecule has 18 heavy (non-hydrogen) atoms. The Morgan fingerprint density at radius 1 is 1.44 bits per heavy atom. The van der Waals surface area contributed by atoms with Crippen molar-refractivity contribution >= 4 is 5.97 Å². The van der Waals surface area contributed by atoms with Crippen LogP contribution in [0.1, 0.15) is 19.8 Å². The molecule has 5 heteroatoms. The van der Waals surface area contributed by atoms with Gasteiger partial charge in [-0.1, -0.05) is 6.58 Å².